The lowest BCUT2D eigenvalue weighted by Gasteiger charge is -2.37. The molecule has 1 aliphatic rings. The van der Waals surface area contributed by atoms with Crippen LogP contribution in [0.1, 0.15) is 26.7 Å². The van der Waals surface area contributed by atoms with Crippen LogP contribution in [-0.2, 0) is 4.79 Å². The summed E-state index contributed by atoms with van der Waals surface area (Å²) in [6.45, 7) is 7.36. The van der Waals surface area contributed by atoms with E-state index in [0.29, 0.717) is 12.0 Å². The number of nitrogens with one attached hydrogen (secondary N) is 1. The van der Waals surface area contributed by atoms with Crippen molar-refractivity contribution in [2.24, 2.45) is 11.7 Å². The van der Waals surface area contributed by atoms with E-state index in [-0.39, 0.29) is 5.91 Å². The Morgan fingerprint density at radius 1 is 1.53 bits per heavy atom. The molecule has 0 radical (unpaired) electrons. The molecule has 1 rings (SSSR count). The number of rotatable bonds is 4. The molecule has 1 aliphatic heterocycles. The Morgan fingerprint density at radius 2 is 2.27 bits per heavy atom. The zero-order valence-corrected chi connectivity index (χ0v) is 9.83. The van der Waals surface area contributed by atoms with Crippen LogP contribution in [0.4, 0.5) is 0 Å². The maximum Gasteiger partial charge on any atom is 0.216 e. The second-order valence-corrected chi connectivity index (χ2v) is 4.51. The Labute approximate surface area is 92.2 Å². The molecule has 1 amide bonds. The maximum absolute atomic E-state index is 10.7. The van der Waals surface area contributed by atoms with Gasteiger partial charge in [0.2, 0.25) is 5.91 Å². The van der Waals surface area contributed by atoms with E-state index in [1.165, 1.54) is 12.8 Å². The van der Waals surface area contributed by atoms with Gasteiger partial charge in [0.1, 0.15) is 0 Å². The zero-order chi connectivity index (χ0) is 11.3. The van der Waals surface area contributed by atoms with Gasteiger partial charge in [-0.3, -0.25) is 9.69 Å². The summed E-state index contributed by atoms with van der Waals surface area (Å²) in [6.07, 6.45) is 2.47. The third kappa shape index (κ3) is 4.18. The molecule has 2 unspecified atom stereocenters. The van der Waals surface area contributed by atoms with Gasteiger partial charge in [-0.25, -0.2) is 0 Å². The lowest BCUT2D eigenvalue weighted by molar-refractivity contribution is -0.119. The van der Waals surface area contributed by atoms with Crippen molar-refractivity contribution in [2.75, 3.05) is 26.2 Å². The minimum Gasteiger partial charge on any atom is -0.355 e. The molecule has 2 atom stereocenters. The van der Waals surface area contributed by atoms with E-state index in [1.54, 1.807) is 6.92 Å². The van der Waals surface area contributed by atoms with Crippen molar-refractivity contribution in [3.63, 3.8) is 0 Å². The fourth-order valence-electron chi connectivity index (χ4n) is 2.14. The molecule has 0 saturated carbocycles. The largest absolute Gasteiger partial charge is 0.355 e. The molecule has 88 valence electrons. The van der Waals surface area contributed by atoms with Crippen LogP contribution in [0.25, 0.3) is 0 Å². The number of nitrogens with two attached hydrogens (primary N) is 1. The summed E-state index contributed by atoms with van der Waals surface area (Å²) >= 11 is 0. The van der Waals surface area contributed by atoms with E-state index in [4.69, 9.17) is 5.73 Å². The quantitative estimate of drug-likeness (QED) is 0.700. The van der Waals surface area contributed by atoms with E-state index >= 15 is 0 Å². The van der Waals surface area contributed by atoms with Crippen LogP contribution in [0.15, 0.2) is 0 Å². The molecule has 15 heavy (non-hydrogen) atoms. The van der Waals surface area contributed by atoms with E-state index in [0.717, 1.165) is 26.2 Å². The summed E-state index contributed by atoms with van der Waals surface area (Å²) < 4.78 is 0. The van der Waals surface area contributed by atoms with Gasteiger partial charge in [-0.15, -0.1) is 0 Å². The van der Waals surface area contributed by atoms with Crippen LogP contribution < -0.4 is 11.1 Å². The molecule has 1 fully saturated rings. The SMILES string of the molecule is CC(=O)NCCN1CC(CN)CCC1C. The topological polar surface area (TPSA) is 58.4 Å². The normalized spacial score (nSPS) is 27.7. The Hall–Kier alpha value is -0.610. The van der Waals surface area contributed by atoms with Crippen LogP contribution in [0.2, 0.25) is 0 Å². The summed E-state index contributed by atoms with van der Waals surface area (Å²) in [5.74, 6) is 0.688. The van der Waals surface area contributed by atoms with Gasteiger partial charge in [0, 0.05) is 32.6 Å². The minimum absolute atomic E-state index is 0.0510. The van der Waals surface area contributed by atoms with Crippen molar-refractivity contribution in [1.82, 2.24) is 10.2 Å². The molecule has 0 aliphatic carbocycles. The molecule has 3 N–H and O–H groups in total. The number of hydrogen-bond acceptors (Lipinski definition) is 3. The highest BCUT2D eigenvalue weighted by molar-refractivity contribution is 5.72. The fraction of sp³-hybridized carbons (Fsp3) is 0.909. The van der Waals surface area contributed by atoms with Crippen LogP contribution in [-0.4, -0.2) is 43.0 Å². The molecule has 0 spiro atoms. The average molecular weight is 213 g/mol. The average Bonchev–Trinajstić information content (AvgIpc) is 2.20. The number of hydrogen-bond donors (Lipinski definition) is 2. The van der Waals surface area contributed by atoms with E-state index in [2.05, 4.69) is 17.1 Å². The molecule has 0 bridgehead atoms. The third-order valence-corrected chi connectivity index (χ3v) is 3.22. The molecule has 4 nitrogen and oxygen atoms in total. The van der Waals surface area contributed by atoms with Gasteiger partial charge in [-0.2, -0.15) is 0 Å². The highest BCUT2D eigenvalue weighted by Gasteiger charge is 2.23. The molecule has 0 aromatic carbocycles. The lowest BCUT2D eigenvalue weighted by atomic mass is 9.93. The molecule has 0 aromatic rings. The third-order valence-electron chi connectivity index (χ3n) is 3.22. The molecular formula is C11H23N3O. The van der Waals surface area contributed by atoms with Gasteiger partial charge >= 0.3 is 0 Å². The molecule has 4 heteroatoms. The van der Waals surface area contributed by atoms with Crippen molar-refractivity contribution in [2.45, 2.75) is 32.7 Å². The van der Waals surface area contributed by atoms with Gasteiger partial charge in [0.25, 0.3) is 0 Å². The van der Waals surface area contributed by atoms with Gasteiger partial charge in [0.05, 0.1) is 0 Å². The Kier molecular flexibility index (Phi) is 5.05. The summed E-state index contributed by atoms with van der Waals surface area (Å²) in [5.41, 5.74) is 5.69. The first kappa shape index (κ1) is 12.5. The van der Waals surface area contributed by atoms with Crippen molar-refractivity contribution in [1.29, 1.82) is 0 Å². The molecule has 1 heterocycles. The van der Waals surface area contributed by atoms with E-state index in [9.17, 15) is 4.79 Å². The lowest BCUT2D eigenvalue weighted by Crippen LogP contribution is -2.46. The molecular weight excluding hydrogens is 190 g/mol. The number of amides is 1. The number of likely N-dealkylation sites (tertiary alicyclic amines) is 1. The summed E-state index contributed by atoms with van der Waals surface area (Å²) in [6, 6.07) is 0.626. The van der Waals surface area contributed by atoms with E-state index < -0.39 is 0 Å². The summed E-state index contributed by atoms with van der Waals surface area (Å²) in [7, 11) is 0. The standard InChI is InChI=1S/C11H23N3O/c1-9-3-4-11(7-12)8-14(9)6-5-13-10(2)15/h9,11H,3-8,12H2,1-2H3,(H,13,15). The predicted octanol–water partition coefficient (Wildman–Crippen LogP) is 0.182. The Bertz CT molecular complexity index is 208. The van der Waals surface area contributed by atoms with Crippen molar-refractivity contribution in [3.05, 3.63) is 0 Å². The highest BCUT2D eigenvalue weighted by atomic mass is 16.1. The minimum atomic E-state index is 0.0510. The number of carbonyl (C=O) groups excluding carboxylic acids is 1. The van der Waals surface area contributed by atoms with Gasteiger partial charge in [0.15, 0.2) is 0 Å². The number of nitrogens with zero attached hydrogens (tertiary/aromatic N) is 1. The second-order valence-electron chi connectivity index (χ2n) is 4.51. The van der Waals surface area contributed by atoms with Crippen molar-refractivity contribution >= 4 is 5.91 Å². The Morgan fingerprint density at radius 3 is 2.87 bits per heavy atom. The molecule has 0 aromatic heterocycles. The van der Waals surface area contributed by atoms with Gasteiger partial charge < -0.3 is 11.1 Å². The summed E-state index contributed by atoms with van der Waals surface area (Å²) in [4.78, 5) is 13.2. The maximum atomic E-state index is 10.7. The highest BCUT2D eigenvalue weighted by Crippen LogP contribution is 2.20. The first-order valence-corrected chi connectivity index (χ1v) is 5.82. The smallest absolute Gasteiger partial charge is 0.216 e. The monoisotopic (exact) mass is 213 g/mol. The number of piperidine rings is 1. The van der Waals surface area contributed by atoms with Crippen molar-refractivity contribution < 1.29 is 4.79 Å². The number of carbonyl (C=O) groups is 1. The first-order chi connectivity index (χ1) is 7.13. The van der Waals surface area contributed by atoms with Crippen LogP contribution in [0.3, 0.4) is 0 Å². The fourth-order valence-corrected chi connectivity index (χ4v) is 2.14. The second kappa shape index (κ2) is 6.08. The van der Waals surface area contributed by atoms with Crippen LogP contribution in [0.5, 0.6) is 0 Å². The van der Waals surface area contributed by atoms with Gasteiger partial charge in [-0.1, -0.05) is 0 Å². The first-order valence-electron chi connectivity index (χ1n) is 5.82. The van der Waals surface area contributed by atoms with Crippen LogP contribution >= 0.6 is 0 Å². The molecule has 1 saturated heterocycles. The zero-order valence-electron chi connectivity index (χ0n) is 9.83. The predicted molar refractivity (Wildman–Crippen MR) is 61.5 cm³/mol. The Balaban J connectivity index is 2.28. The van der Waals surface area contributed by atoms with Gasteiger partial charge in [-0.05, 0) is 32.2 Å². The van der Waals surface area contributed by atoms with Crippen LogP contribution in [0, 0.1) is 5.92 Å². The van der Waals surface area contributed by atoms with E-state index in [1.807, 2.05) is 0 Å². The summed E-state index contributed by atoms with van der Waals surface area (Å²) in [5, 5.41) is 2.83. The van der Waals surface area contributed by atoms with Crippen molar-refractivity contribution in [3.8, 4) is 0 Å².